The second-order valence-electron chi connectivity index (χ2n) is 5.38. The molecule has 7 heteroatoms. The molecule has 2 aromatic rings. The van der Waals surface area contributed by atoms with Gasteiger partial charge in [0, 0.05) is 17.0 Å². The highest BCUT2D eigenvalue weighted by atomic mass is 16.5. The zero-order valence-electron chi connectivity index (χ0n) is 11.8. The lowest BCUT2D eigenvalue weighted by atomic mass is 9.70. The largest absolute Gasteiger partial charge is 0.364 e. The molecule has 0 aliphatic heterocycles. The third-order valence-electron chi connectivity index (χ3n) is 4.06. The van der Waals surface area contributed by atoms with Crippen molar-refractivity contribution in [3.05, 3.63) is 41.6 Å². The van der Waals surface area contributed by atoms with Gasteiger partial charge in [0.15, 0.2) is 11.5 Å². The number of hydrazine groups is 1. The number of hydrogen-bond acceptors (Lipinski definition) is 5. The smallest absolute Gasteiger partial charge is 0.271 e. The lowest BCUT2D eigenvalue weighted by Crippen LogP contribution is -2.41. The summed E-state index contributed by atoms with van der Waals surface area (Å²) in [4.78, 5) is 23.1. The van der Waals surface area contributed by atoms with Gasteiger partial charge in [0.05, 0.1) is 0 Å². The zero-order valence-corrected chi connectivity index (χ0v) is 11.8. The van der Waals surface area contributed by atoms with Crippen molar-refractivity contribution in [1.29, 1.82) is 0 Å². The van der Waals surface area contributed by atoms with Crippen LogP contribution in [0.4, 0.5) is 0 Å². The Hall–Kier alpha value is -2.67. The highest BCUT2D eigenvalue weighted by Gasteiger charge is 2.40. The van der Waals surface area contributed by atoms with Crippen LogP contribution in [0, 0.1) is 5.92 Å². The average molecular weight is 300 g/mol. The SMILES string of the molecule is NNC(=O)C1CC(c2c(C(N)=O)noc2-c2ccccc2)C1. The lowest BCUT2D eigenvalue weighted by molar-refractivity contribution is -0.128. The molecular weight excluding hydrogens is 284 g/mol. The number of nitrogens with two attached hydrogens (primary N) is 2. The van der Waals surface area contributed by atoms with Crippen molar-refractivity contribution < 1.29 is 14.1 Å². The van der Waals surface area contributed by atoms with Crippen LogP contribution in [0.15, 0.2) is 34.9 Å². The quantitative estimate of drug-likeness (QED) is 0.440. The van der Waals surface area contributed by atoms with Gasteiger partial charge in [0.1, 0.15) is 0 Å². The second kappa shape index (κ2) is 5.61. The Morgan fingerprint density at radius 1 is 1.23 bits per heavy atom. The third-order valence-corrected chi connectivity index (χ3v) is 4.06. The van der Waals surface area contributed by atoms with Crippen LogP contribution in [0.3, 0.4) is 0 Å². The number of nitrogens with zero attached hydrogens (tertiary/aromatic N) is 1. The van der Waals surface area contributed by atoms with E-state index in [1.54, 1.807) is 0 Å². The first-order valence-corrected chi connectivity index (χ1v) is 6.97. The van der Waals surface area contributed by atoms with E-state index >= 15 is 0 Å². The molecule has 0 unspecified atom stereocenters. The molecule has 1 aromatic heterocycles. The van der Waals surface area contributed by atoms with E-state index in [0.29, 0.717) is 24.2 Å². The van der Waals surface area contributed by atoms with Crippen LogP contribution in [-0.2, 0) is 4.79 Å². The summed E-state index contributed by atoms with van der Waals surface area (Å²) in [7, 11) is 0. The van der Waals surface area contributed by atoms with Crippen LogP contribution in [0.5, 0.6) is 0 Å². The monoisotopic (exact) mass is 300 g/mol. The highest BCUT2D eigenvalue weighted by molar-refractivity contribution is 5.94. The molecule has 1 aliphatic carbocycles. The minimum atomic E-state index is -0.632. The molecule has 5 N–H and O–H groups in total. The molecule has 114 valence electrons. The van der Waals surface area contributed by atoms with Crippen molar-refractivity contribution >= 4 is 11.8 Å². The summed E-state index contributed by atoms with van der Waals surface area (Å²) in [5.41, 5.74) is 9.17. The molecule has 1 fully saturated rings. The van der Waals surface area contributed by atoms with Gasteiger partial charge in [-0.25, -0.2) is 5.84 Å². The van der Waals surface area contributed by atoms with Gasteiger partial charge >= 0.3 is 0 Å². The van der Waals surface area contributed by atoms with Gasteiger partial charge in [-0.15, -0.1) is 0 Å². The molecule has 22 heavy (non-hydrogen) atoms. The molecule has 2 amide bonds. The van der Waals surface area contributed by atoms with E-state index in [2.05, 4.69) is 10.6 Å². The van der Waals surface area contributed by atoms with Gasteiger partial charge in [-0.1, -0.05) is 35.5 Å². The van der Waals surface area contributed by atoms with Crippen LogP contribution in [0.25, 0.3) is 11.3 Å². The molecule has 0 spiro atoms. The standard InChI is InChI=1S/C15H16N4O3/c16-14(20)12-11(9-6-10(7-9)15(21)18-17)13(22-19-12)8-4-2-1-3-5-8/h1-5,9-10H,6-7,17H2,(H2,16,20)(H,18,21). The molecule has 0 bridgehead atoms. The number of benzene rings is 1. The van der Waals surface area contributed by atoms with Gasteiger partial charge in [0.25, 0.3) is 5.91 Å². The number of rotatable bonds is 4. The van der Waals surface area contributed by atoms with Gasteiger partial charge in [0.2, 0.25) is 5.91 Å². The summed E-state index contributed by atoms with van der Waals surface area (Å²) in [5, 5.41) is 3.81. The summed E-state index contributed by atoms with van der Waals surface area (Å²) in [6.07, 6.45) is 1.18. The van der Waals surface area contributed by atoms with Crippen LogP contribution < -0.4 is 17.0 Å². The number of aromatic nitrogens is 1. The molecule has 7 nitrogen and oxygen atoms in total. The average Bonchev–Trinajstić information content (AvgIpc) is 2.91. The molecule has 3 rings (SSSR count). The van der Waals surface area contributed by atoms with Crippen LogP contribution in [0.2, 0.25) is 0 Å². The minimum Gasteiger partial charge on any atom is -0.364 e. The van der Waals surface area contributed by atoms with Gasteiger partial charge in [-0.3, -0.25) is 15.0 Å². The van der Waals surface area contributed by atoms with Crippen LogP contribution >= 0.6 is 0 Å². The maximum Gasteiger partial charge on any atom is 0.271 e. The van der Waals surface area contributed by atoms with Crippen molar-refractivity contribution in [3.63, 3.8) is 0 Å². The first kappa shape index (κ1) is 14.3. The molecule has 1 aliphatic rings. The summed E-state index contributed by atoms with van der Waals surface area (Å²) in [6, 6.07) is 9.38. The number of carbonyl (C=O) groups is 2. The van der Waals surface area contributed by atoms with E-state index in [0.717, 1.165) is 5.56 Å². The molecule has 0 radical (unpaired) electrons. The molecule has 1 aromatic carbocycles. The number of carbonyl (C=O) groups excluding carboxylic acids is 2. The van der Waals surface area contributed by atoms with Gasteiger partial charge < -0.3 is 10.3 Å². The predicted octanol–water partition coefficient (Wildman–Crippen LogP) is 0.924. The maximum absolute atomic E-state index is 11.6. The summed E-state index contributed by atoms with van der Waals surface area (Å²) in [6.45, 7) is 0. The molecule has 1 saturated carbocycles. The Balaban J connectivity index is 1.94. The topological polar surface area (TPSA) is 124 Å². The highest BCUT2D eigenvalue weighted by Crippen LogP contribution is 2.46. The van der Waals surface area contributed by atoms with E-state index in [1.165, 1.54) is 0 Å². The van der Waals surface area contributed by atoms with E-state index in [9.17, 15) is 9.59 Å². The fourth-order valence-corrected chi connectivity index (χ4v) is 2.84. The number of hydrogen-bond donors (Lipinski definition) is 3. The summed E-state index contributed by atoms with van der Waals surface area (Å²) in [5.74, 6) is 4.69. The van der Waals surface area contributed by atoms with Crippen LogP contribution in [0.1, 0.15) is 34.8 Å². The molecule has 0 atom stereocenters. The van der Waals surface area contributed by atoms with Crippen LogP contribution in [-0.4, -0.2) is 17.0 Å². The fourth-order valence-electron chi connectivity index (χ4n) is 2.84. The fraction of sp³-hybridized carbons (Fsp3) is 0.267. The number of nitrogens with one attached hydrogen (secondary N) is 1. The Morgan fingerprint density at radius 2 is 1.91 bits per heavy atom. The van der Waals surface area contributed by atoms with Crippen molar-refractivity contribution in [2.75, 3.05) is 0 Å². The Kier molecular flexibility index (Phi) is 3.64. The summed E-state index contributed by atoms with van der Waals surface area (Å²) >= 11 is 0. The summed E-state index contributed by atoms with van der Waals surface area (Å²) < 4.78 is 5.35. The Labute approximate surface area is 126 Å². The third kappa shape index (κ3) is 2.35. The van der Waals surface area contributed by atoms with E-state index in [4.69, 9.17) is 16.1 Å². The van der Waals surface area contributed by atoms with Crippen molar-refractivity contribution in [1.82, 2.24) is 10.6 Å². The molecule has 1 heterocycles. The number of amides is 2. The van der Waals surface area contributed by atoms with E-state index < -0.39 is 5.91 Å². The first-order valence-electron chi connectivity index (χ1n) is 6.97. The second-order valence-corrected chi connectivity index (χ2v) is 5.38. The molecule has 0 saturated heterocycles. The van der Waals surface area contributed by atoms with Crippen molar-refractivity contribution in [2.24, 2.45) is 17.5 Å². The van der Waals surface area contributed by atoms with Crippen molar-refractivity contribution in [2.45, 2.75) is 18.8 Å². The Morgan fingerprint density at radius 3 is 2.50 bits per heavy atom. The first-order chi connectivity index (χ1) is 10.6. The lowest BCUT2D eigenvalue weighted by Gasteiger charge is -2.33. The van der Waals surface area contributed by atoms with Gasteiger partial charge in [-0.05, 0) is 18.8 Å². The number of primary amides is 1. The minimum absolute atomic E-state index is 0.00579. The molecular formula is C15H16N4O3. The normalized spacial score (nSPS) is 20.2. The van der Waals surface area contributed by atoms with E-state index in [-0.39, 0.29) is 23.4 Å². The van der Waals surface area contributed by atoms with E-state index in [1.807, 2.05) is 30.3 Å². The Bertz CT molecular complexity index is 705. The predicted molar refractivity (Wildman–Crippen MR) is 78.3 cm³/mol. The van der Waals surface area contributed by atoms with Crippen molar-refractivity contribution in [3.8, 4) is 11.3 Å². The van der Waals surface area contributed by atoms with Gasteiger partial charge in [-0.2, -0.15) is 0 Å². The maximum atomic E-state index is 11.6. The zero-order chi connectivity index (χ0) is 15.7.